The molecule has 0 atom stereocenters. The van der Waals surface area contributed by atoms with Crippen LogP contribution in [0.2, 0.25) is 0 Å². The molecule has 0 aliphatic carbocycles. The Morgan fingerprint density at radius 2 is 2.22 bits per heavy atom. The van der Waals surface area contributed by atoms with Gasteiger partial charge in [0.05, 0.1) is 6.54 Å². The molecule has 1 aromatic heterocycles. The van der Waals surface area contributed by atoms with Crippen molar-refractivity contribution in [1.82, 2.24) is 14.9 Å². The van der Waals surface area contributed by atoms with E-state index in [9.17, 15) is 9.59 Å². The zero-order valence-electron chi connectivity index (χ0n) is 10.6. The predicted octanol–water partition coefficient (Wildman–Crippen LogP) is 0.654. The maximum atomic E-state index is 11.8. The number of amides is 2. The molecule has 1 saturated heterocycles. The molecule has 1 aliphatic rings. The van der Waals surface area contributed by atoms with E-state index in [0.29, 0.717) is 24.6 Å². The van der Waals surface area contributed by atoms with Crippen LogP contribution in [0, 0.1) is 13.8 Å². The first-order valence-electron chi connectivity index (χ1n) is 5.94. The van der Waals surface area contributed by atoms with Crippen molar-refractivity contribution in [2.45, 2.75) is 26.7 Å². The number of likely N-dealkylation sites (tertiary alicyclic amines) is 1. The van der Waals surface area contributed by atoms with Crippen molar-refractivity contribution in [3.8, 4) is 0 Å². The van der Waals surface area contributed by atoms with Gasteiger partial charge in [-0.05, 0) is 20.3 Å². The van der Waals surface area contributed by atoms with Gasteiger partial charge in [-0.3, -0.25) is 9.59 Å². The second-order valence-corrected chi connectivity index (χ2v) is 4.41. The van der Waals surface area contributed by atoms with E-state index in [-0.39, 0.29) is 18.4 Å². The predicted molar refractivity (Wildman–Crippen MR) is 65.9 cm³/mol. The van der Waals surface area contributed by atoms with Crippen LogP contribution in [0.5, 0.6) is 0 Å². The Morgan fingerprint density at radius 3 is 2.83 bits per heavy atom. The van der Waals surface area contributed by atoms with Crippen molar-refractivity contribution in [2.24, 2.45) is 0 Å². The van der Waals surface area contributed by atoms with Crippen molar-refractivity contribution in [3.05, 3.63) is 17.6 Å². The maximum absolute atomic E-state index is 11.8. The topological polar surface area (TPSA) is 75.2 Å². The third-order valence-corrected chi connectivity index (χ3v) is 2.74. The highest BCUT2D eigenvalue weighted by Gasteiger charge is 2.22. The summed E-state index contributed by atoms with van der Waals surface area (Å²) in [6.07, 6.45) is 1.37. The first-order valence-corrected chi connectivity index (χ1v) is 5.94. The van der Waals surface area contributed by atoms with Gasteiger partial charge in [0, 0.05) is 24.7 Å². The summed E-state index contributed by atoms with van der Waals surface area (Å²) in [4.78, 5) is 33.0. The molecule has 1 aliphatic heterocycles. The second-order valence-electron chi connectivity index (χ2n) is 4.41. The fourth-order valence-electron chi connectivity index (χ4n) is 2.01. The molecule has 18 heavy (non-hydrogen) atoms. The summed E-state index contributed by atoms with van der Waals surface area (Å²) in [6.45, 7) is 4.37. The van der Waals surface area contributed by atoms with Gasteiger partial charge in [0.25, 0.3) is 0 Å². The average molecular weight is 248 g/mol. The van der Waals surface area contributed by atoms with Gasteiger partial charge >= 0.3 is 0 Å². The van der Waals surface area contributed by atoms with Gasteiger partial charge in [0.15, 0.2) is 0 Å². The largest absolute Gasteiger partial charge is 0.333 e. The second kappa shape index (κ2) is 5.12. The highest BCUT2D eigenvalue weighted by molar-refractivity contribution is 5.94. The Labute approximate surface area is 105 Å². The van der Waals surface area contributed by atoms with Gasteiger partial charge in [0.1, 0.15) is 11.6 Å². The molecule has 0 radical (unpaired) electrons. The molecule has 2 amide bonds. The first kappa shape index (κ1) is 12.5. The number of hydrogen-bond acceptors (Lipinski definition) is 4. The van der Waals surface area contributed by atoms with Crippen LogP contribution >= 0.6 is 0 Å². The Morgan fingerprint density at radius 1 is 1.44 bits per heavy atom. The van der Waals surface area contributed by atoms with Gasteiger partial charge in [-0.15, -0.1) is 0 Å². The van der Waals surface area contributed by atoms with Crippen molar-refractivity contribution in [3.63, 3.8) is 0 Å². The van der Waals surface area contributed by atoms with E-state index in [1.165, 1.54) is 0 Å². The Balaban J connectivity index is 1.96. The van der Waals surface area contributed by atoms with Crippen molar-refractivity contribution in [2.75, 3.05) is 18.4 Å². The van der Waals surface area contributed by atoms with Crippen LogP contribution in [0.15, 0.2) is 6.07 Å². The summed E-state index contributed by atoms with van der Waals surface area (Å²) in [6, 6.07) is 1.71. The van der Waals surface area contributed by atoms with Crippen LogP contribution in [0.4, 0.5) is 5.82 Å². The molecular formula is C12H16N4O2. The van der Waals surface area contributed by atoms with Crippen molar-refractivity contribution < 1.29 is 9.59 Å². The van der Waals surface area contributed by atoms with Crippen LogP contribution in [0.25, 0.3) is 0 Å². The highest BCUT2D eigenvalue weighted by atomic mass is 16.2. The molecule has 0 unspecified atom stereocenters. The molecular weight excluding hydrogens is 232 g/mol. The minimum atomic E-state index is -0.220. The number of nitrogens with one attached hydrogen (secondary N) is 1. The van der Waals surface area contributed by atoms with Crippen molar-refractivity contribution in [1.29, 1.82) is 0 Å². The lowest BCUT2D eigenvalue weighted by molar-refractivity contribution is -0.131. The zero-order valence-corrected chi connectivity index (χ0v) is 10.6. The number of hydrogen-bond donors (Lipinski definition) is 1. The van der Waals surface area contributed by atoms with Gasteiger partial charge in [0.2, 0.25) is 11.8 Å². The van der Waals surface area contributed by atoms with Gasteiger partial charge < -0.3 is 10.2 Å². The van der Waals surface area contributed by atoms with E-state index in [2.05, 4.69) is 15.3 Å². The normalized spacial score (nSPS) is 15.0. The molecule has 6 nitrogen and oxygen atoms in total. The summed E-state index contributed by atoms with van der Waals surface area (Å²) in [7, 11) is 0. The SMILES string of the molecule is Cc1cc(NC(=O)CN2CCCC2=O)nc(C)n1. The van der Waals surface area contributed by atoms with Gasteiger partial charge in [-0.1, -0.05) is 0 Å². The minimum absolute atomic E-state index is 0.0419. The van der Waals surface area contributed by atoms with Crippen LogP contribution in [-0.4, -0.2) is 39.8 Å². The molecule has 0 aromatic carbocycles. The minimum Gasteiger partial charge on any atom is -0.333 e. The molecule has 0 spiro atoms. The molecule has 1 fully saturated rings. The molecule has 96 valence electrons. The number of aryl methyl sites for hydroxylation is 2. The molecule has 2 rings (SSSR count). The number of aromatic nitrogens is 2. The summed E-state index contributed by atoms with van der Waals surface area (Å²) in [5, 5.41) is 2.69. The van der Waals surface area contributed by atoms with Gasteiger partial charge in [-0.25, -0.2) is 9.97 Å². The third-order valence-electron chi connectivity index (χ3n) is 2.74. The maximum Gasteiger partial charge on any atom is 0.245 e. The molecule has 1 N–H and O–H groups in total. The van der Waals surface area contributed by atoms with Crippen LogP contribution in [0.1, 0.15) is 24.4 Å². The monoisotopic (exact) mass is 248 g/mol. The van der Waals surface area contributed by atoms with Crippen LogP contribution in [0.3, 0.4) is 0 Å². The Bertz CT molecular complexity index is 467. The molecule has 1 aromatic rings. The lowest BCUT2D eigenvalue weighted by atomic mass is 10.4. The van der Waals surface area contributed by atoms with Gasteiger partial charge in [-0.2, -0.15) is 0 Å². The smallest absolute Gasteiger partial charge is 0.245 e. The van der Waals surface area contributed by atoms with E-state index in [1.54, 1.807) is 17.9 Å². The lowest BCUT2D eigenvalue weighted by Gasteiger charge is -2.14. The van der Waals surface area contributed by atoms with E-state index in [1.807, 2.05) is 6.92 Å². The molecule has 6 heteroatoms. The first-order chi connectivity index (χ1) is 8.54. The summed E-state index contributed by atoms with van der Waals surface area (Å²) >= 11 is 0. The van der Waals surface area contributed by atoms with Crippen LogP contribution in [-0.2, 0) is 9.59 Å². The number of rotatable bonds is 3. The van der Waals surface area contributed by atoms with Crippen LogP contribution < -0.4 is 5.32 Å². The van der Waals surface area contributed by atoms with Crippen molar-refractivity contribution >= 4 is 17.6 Å². The number of carbonyl (C=O) groups excluding carboxylic acids is 2. The molecule has 0 saturated carbocycles. The van der Waals surface area contributed by atoms with E-state index >= 15 is 0 Å². The van der Waals surface area contributed by atoms with E-state index in [0.717, 1.165) is 12.1 Å². The summed E-state index contributed by atoms with van der Waals surface area (Å²) < 4.78 is 0. The quantitative estimate of drug-likeness (QED) is 0.852. The third kappa shape index (κ3) is 3.03. The summed E-state index contributed by atoms with van der Waals surface area (Å²) in [5.74, 6) is 0.919. The molecule has 2 heterocycles. The highest BCUT2D eigenvalue weighted by Crippen LogP contribution is 2.10. The molecule has 0 bridgehead atoms. The van der Waals surface area contributed by atoms with E-state index in [4.69, 9.17) is 0 Å². The zero-order chi connectivity index (χ0) is 13.1. The number of carbonyl (C=O) groups is 2. The van der Waals surface area contributed by atoms with E-state index < -0.39 is 0 Å². The fourth-order valence-corrected chi connectivity index (χ4v) is 2.01. The number of nitrogens with zero attached hydrogens (tertiary/aromatic N) is 3. The number of anilines is 1. The fraction of sp³-hybridized carbons (Fsp3) is 0.500. The standard InChI is InChI=1S/C12H16N4O2/c1-8-6-10(14-9(2)13-8)15-11(17)7-16-5-3-4-12(16)18/h6H,3-5,7H2,1-2H3,(H,13,14,15,17). The average Bonchev–Trinajstić information content (AvgIpc) is 2.62. The summed E-state index contributed by atoms with van der Waals surface area (Å²) in [5.41, 5.74) is 0.801. The lowest BCUT2D eigenvalue weighted by Crippen LogP contribution is -2.34. The Kier molecular flexibility index (Phi) is 3.55. The Hall–Kier alpha value is -1.98.